The lowest BCUT2D eigenvalue weighted by Crippen LogP contribution is -2.29. The zero-order valence-corrected chi connectivity index (χ0v) is 9.02. The van der Waals surface area contributed by atoms with Gasteiger partial charge in [-0.15, -0.1) is 0 Å². The summed E-state index contributed by atoms with van der Waals surface area (Å²) < 4.78 is 19.8. The van der Waals surface area contributed by atoms with E-state index in [9.17, 15) is 9.59 Å². The van der Waals surface area contributed by atoms with Crippen LogP contribution in [0.25, 0.3) is 0 Å². The Morgan fingerprint density at radius 1 is 1.31 bits per heavy atom. The van der Waals surface area contributed by atoms with Crippen LogP contribution in [0.3, 0.4) is 0 Å². The number of hydrogen-bond donors (Lipinski definition) is 0. The van der Waals surface area contributed by atoms with Gasteiger partial charge in [-0.3, -0.25) is 0 Å². The fraction of sp³-hybridized carbons (Fsp3) is 0.600. The minimum atomic E-state index is -1.03. The molecular weight excluding hydrogens is 216 g/mol. The van der Waals surface area contributed by atoms with Crippen molar-refractivity contribution in [3.63, 3.8) is 0 Å². The average molecular weight is 228 g/mol. The van der Waals surface area contributed by atoms with Crippen LogP contribution in [-0.4, -0.2) is 45.0 Å². The number of fused-ring (bicyclic) bond motifs is 1. The maximum Gasteiger partial charge on any atom is 0.340 e. The topological polar surface area (TPSA) is 71.1 Å². The summed E-state index contributed by atoms with van der Waals surface area (Å²) in [6, 6.07) is 0. The van der Waals surface area contributed by atoms with Gasteiger partial charge >= 0.3 is 11.9 Å². The average Bonchev–Trinajstić information content (AvgIpc) is 2.86. The third-order valence-corrected chi connectivity index (χ3v) is 2.58. The highest BCUT2D eigenvalue weighted by Crippen LogP contribution is 2.35. The standard InChI is InChI=1S/C10H12O6/c1-13-9(11)6-7-5(3-4-15-7)16-8(6)10(12)14-2/h5,8H,3-4H2,1-2H3/t5-,8-/m1/s1. The van der Waals surface area contributed by atoms with Crippen molar-refractivity contribution in [2.75, 3.05) is 20.8 Å². The van der Waals surface area contributed by atoms with Crippen molar-refractivity contribution >= 4 is 11.9 Å². The van der Waals surface area contributed by atoms with Gasteiger partial charge in [0, 0.05) is 6.42 Å². The molecule has 2 aliphatic heterocycles. The third kappa shape index (κ3) is 1.55. The molecule has 0 aromatic rings. The lowest BCUT2D eigenvalue weighted by Gasteiger charge is -2.11. The molecule has 0 radical (unpaired) electrons. The molecule has 6 heteroatoms. The first-order valence-corrected chi connectivity index (χ1v) is 4.87. The molecular formula is C10H12O6. The Bertz CT molecular complexity index is 358. The number of carbonyl (C=O) groups is 2. The molecule has 16 heavy (non-hydrogen) atoms. The molecule has 0 unspecified atom stereocenters. The van der Waals surface area contributed by atoms with E-state index >= 15 is 0 Å². The van der Waals surface area contributed by atoms with E-state index in [0.29, 0.717) is 18.8 Å². The smallest absolute Gasteiger partial charge is 0.340 e. The van der Waals surface area contributed by atoms with Crippen molar-refractivity contribution in [1.29, 1.82) is 0 Å². The molecule has 2 atom stereocenters. The van der Waals surface area contributed by atoms with Crippen molar-refractivity contribution in [2.45, 2.75) is 18.6 Å². The second kappa shape index (κ2) is 4.13. The quantitative estimate of drug-likeness (QED) is 0.608. The molecule has 2 aliphatic rings. The van der Waals surface area contributed by atoms with Crippen molar-refractivity contribution in [3.8, 4) is 0 Å². The highest BCUT2D eigenvalue weighted by Gasteiger charge is 2.46. The van der Waals surface area contributed by atoms with Crippen LogP contribution < -0.4 is 0 Å². The molecule has 0 amide bonds. The molecule has 1 fully saturated rings. The van der Waals surface area contributed by atoms with Gasteiger partial charge in [-0.2, -0.15) is 0 Å². The van der Waals surface area contributed by atoms with Crippen LogP contribution in [-0.2, 0) is 28.5 Å². The zero-order valence-electron chi connectivity index (χ0n) is 9.02. The largest absolute Gasteiger partial charge is 0.494 e. The summed E-state index contributed by atoms with van der Waals surface area (Å²) in [5, 5.41) is 0. The van der Waals surface area contributed by atoms with E-state index in [-0.39, 0.29) is 11.7 Å². The van der Waals surface area contributed by atoms with Gasteiger partial charge in [0.1, 0.15) is 17.4 Å². The highest BCUT2D eigenvalue weighted by atomic mass is 16.6. The summed E-state index contributed by atoms with van der Waals surface area (Å²) in [5.41, 5.74) is 0.122. The van der Waals surface area contributed by atoms with E-state index in [4.69, 9.17) is 9.47 Å². The summed E-state index contributed by atoms with van der Waals surface area (Å²) >= 11 is 0. The number of ether oxygens (including phenoxy) is 4. The molecule has 0 aromatic carbocycles. The van der Waals surface area contributed by atoms with Gasteiger partial charge < -0.3 is 18.9 Å². The monoisotopic (exact) mass is 228 g/mol. The third-order valence-electron chi connectivity index (χ3n) is 2.58. The molecule has 88 valence electrons. The lowest BCUT2D eigenvalue weighted by atomic mass is 10.1. The van der Waals surface area contributed by atoms with Crippen molar-refractivity contribution in [2.24, 2.45) is 0 Å². The molecule has 1 saturated heterocycles. The predicted octanol–water partition coefficient (Wildman–Crippen LogP) is -0.226. The Balaban J connectivity index is 2.33. The first-order valence-electron chi connectivity index (χ1n) is 4.87. The molecule has 0 N–H and O–H groups in total. The Kier molecular flexibility index (Phi) is 2.82. The van der Waals surface area contributed by atoms with Crippen molar-refractivity contribution in [3.05, 3.63) is 11.3 Å². The highest BCUT2D eigenvalue weighted by molar-refractivity contribution is 5.98. The molecule has 0 aromatic heterocycles. The van der Waals surface area contributed by atoms with E-state index in [1.54, 1.807) is 0 Å². The Morgan fingerprint density at radius 2 is 2.06 bits per heavy atom. The van der Waals surface area contributed by atoms with Gasteiger partial charge in [-0.25, -0.2) is 9.59 Å². The molecule has 6 nitrogen and oxygen atoms in total. The Labute approximate surface area is 92.1 Å². The van der Waals surface area contributed by atoms with Gasteiger partial charge in [0.25, 0.3) is 0 Å². The fourth-order valence-corrected chi connectivity index (χ4v) is 1.84. The second-order valence-electron chi connectivity index (χ2n) is 3.43. The molecule has 0 saturated carbocycles. The number of carbonyl (C=O) groups excluding carboxylic acids is 2. The lowest BCUT2D eigenvalue weighted by molar-refractivity contribution is -0.154. The normalized spacial score (nSPS) is 27.4. The summed E-state index contributed by atoms with van der Waals surface area (Å²) in [6.45, 7) is 0.481. The molecule has 0 aliphatic carbocycles. The van der Waals surface area contributed by atoms with E-state index in [1.807, 2.05) is 0 Å². The van der Waals surface area contributed by atoms with Crippen molar-refractivity contribution in [1.82, 2.24) is 0 Å². The van der Waals surface area contributed by atoms with Gasteiger partial charge in [0.15, 0.2) is 6.10 Å². The van der Waals surface area contributed by atoms with Gasteiger partial charge in [-0.1, -0.05) is 0 Å². The molecule has 0 bridgehead atoms. The fourth-order valence-electron chi connectivity index (χ4n) is 1.84. The number of hydrogen-bond acceptors (Lipinski definition) is 6. The van der Waals surface area contributed by atoms with Crippen LogP contribution in [0.5, 0.6) is 0 Å². The predicted molar refractivity (Wildman–Crippen MR) is 50.3 cm³/mol. The van der Waals surface area contributed by atoms with Crippen LogP contribution in [0.2, 0.25) is 0 Å². The van der Waals surface area contributed by atoms with E-state index in [0.717, 1.165) is 0 Å². The summed E-state index contributed by atoms with van der Waals surface area (Å²) in [4.78, 5) is 23.0. The molecule has 0 spiro atoms. The van der Waals surface area contributed by atoms with Crippen LogP contribution in [0.15, 0.2) is 11.3 Å². The number of methoxy groups -OCH3 is 2. The summed E-state index contributed by atoms with van der Waals surface area (Å²) in [6.07, 6.45) is -0.737. The number of esters is 2. The Morgan fingerprint density at radius 3 is 2.69 bits per heavy atom. The maximum absolute atomic E-state index is 11.5. The summed E-state index contributed by atoms with van der Waals surface area (Å²) in [7, 11) is 2.48. The van der Waals surface area contributed by atoms with Gasteiger partial charge in [-0.05, 0) is 0 Å². The molecule has 2 rings (SSSR count). The first-order chi connectivity index (χ1) is 7.69. The summed E-state index contributed by atoms with van der Waals surface area (Å²) in [5.74, 6) is -0.831. The SMILES string of the molecule is COC(=O)C1=C2OCC[C@H]2O[C@H]1C(=O)OC. The van der Waals surface area contributed by atoms with Crippen molar-refractivity contribution < 1.29 is 28.5 Å². The number of rotatable bonds is 2. The van der Waals surface area contributed by atoms with Crippen LogP contribution in [0.4, 0.5) is 0 Å². The van der Waals surface area contributed by atoms with Gasteiger partial charge in [0.2, 0.25) is 0 Å². The van der Waals surface area contributed by atoms with E-state index in [1.165, 1.54) is 14.2 Å². The van der Waals surface area contributed by atoms with Gasteiger partial charge in [0.05, 0.1) is 20.8 Å². The van der Waals surface area contributed by atoms with Crippen LogP contribution in [0, 0.1) is 0 Å². The second-order valence-corrected chi connectivity index (χ2v) is 3.43. The van der Waals surface area contributed by atoms with Crippen LogP contribution in [0.1, 0.15) is 6.42 Å². The van der Waals surface area contributed by atoms with E-state index in [2.05, 4.69) is 9.47 Å². The van der Waals surface area contributed by atoms with E-state index < -0.39 is 18.0 Å². The van der Waals surface area contributed by atoms with Crippen LogP contribution >= 0.6 is 0 Å². The zero-order chi connectivity index (χ0) is 11.7. The minimum Gasteiger partial charge on any atom is -0.494 e. The maximum atomic E-state index is 11.5. The minimum absolute atomic E-state index is 0.122. The first kappa shape index (κ1) is 10.9. The molecule has 2 heterocycles. The Hall–Kier alpha value is -1.56.